The fourth-order valence-electron chi connectivity index (χ4n) is 2.15. The van der Waals surface area contributed by atoms with E-state index in [4.69, 9.17) is 16.3 Å². The third-order valence-corrected chi connectivity index (χ3v) is 3.63. The number of ether oxygens (including phenoxy) is 1. The van der Waals surface area contributed by atoms with E-state index in [1.165, 1.54) is 13.2 Å². The molecule has 124 valence electrons. The highest BCUT2D eigenvalue weighted by atomic mass is 35.5. The average molecular weight is 344 g/mol. The van der Waals surface area contributed by atoms with Gasteiger partial charge in [-0.25, -0.2) is 4.79 Å². The van der Waals surface area contributed by atoms with Gasteiger partial charge >= 0.3 is 5.97 Å². The lowest BCUT2D eigenvalue weighted by Gasteiger charge is -2.15. The van der Waals surface area contributed by atoms with Crippen LogP contribution in [0.25, 0.3) is 6.08 Å². The van der Waals surface area contributed by atoms with Crippen molar-refractivity contribution in [3.8, 4) is 0 Å². The maximum Gasteiger partial charge on any atom is 0.328 e. The van der Waals surface area contributed by atoms with Crippen LogP contribution in [0.5, 0.6) is 0 Å². The van der Waals surface area contributed by atoms with Gasteiger partial charge in [0, 0.05) is 17.5 Å². The molecule has 0 heterocycles. The summed E-state index contributed by atoms with van der Waals surface area (Å²) in [6, 6.07) is 15.8. The summed E-state index contributed by atoms with van der Waals surface area (Å²) in [5.41, 5.74) is 1.78. The SMILES string of the molecule is COC(=O)[C@@H](Cc1ccccc1)NC(=O)/C=C/c1ccc(Cl)cc1. The molecule has 1 N–H and O–H groups in total. The summed E-state index contributed by atoms with van der Waals surface area (Å²) < 4.78 is 4.77. The Bertz CT molecular complexity index is 711. The van der Waals surface area contributed by atoms with E-state index in [1.807, 2.05) is 30.3 Å². The number of carbonyl (C=O) groups is 2. The van der Waals surface area contributed by atoms with Gasteiger partial charge in [0.1, 0.15) is 6.04 Å². The van der Waals surface area contributed by atoms with Crippen molar-refractivity contribution in [2.24, 2.45) is 0 Å². The zero-order valence-electron chi connectivity index (χ0n) is 13.2. The van der Waals surface area contributed by atoms with Crippen molar-refractivity contribution in [1.29, 1.82) is 0 Å². The van der Waals surface area contributed by atoms with Crippen molar-refractivity contribution in [3.63, 3.8) is 0 Å². The summed E-state index contributed by atoms with van der Waals surface area (Å²) in [6.45, 7) is 0. The molecule has 1 amide bonds. The van der Waals surface area contributed by atoms with E-state index in [0.717, 1.165) is 11.1 Å². The Hall–Kier alpha value is -2.59. The number of carbonyl (C=O) groups excluding carboxylic acids is 2. The lowest BCUT2D eigenvalue weighted by molar-refractivity contribution is -0.144. The molecule has 0 radical (unpaired) electrons. The number of rotatable bonds is 6. The van der Waals surface area contributed by atoms with Gasteiger partial charge in [-0.3, -0.25) is 4.79 Å². The highest BCUT2D eigenvalue weighted by Crippen LogP contribution is 2.10. The minimum Gasteiger partial charge on any atom is -0.467 e. The Labute approximate surface area is 146 Å². The summed E-state index contributed by atoms with van der Waals surface area (Å²) in [5, 5.41) is 3.30. The van der Waals surface area contributed by atoms with Crippen molar-refractivity contribution in [2.75, 3.05) is 7.11 Å². The maximum atomic E-state index is 12.1. The molecule has 0 spiro atoms. The van der Waals surface area contributed by atoms with Crippen LogP contribution in [0.2, 0.25) is 5.02 Å². The molecule has 4 nitrogen and oxygen atoms in total. The highest BCUT2D eigenvalue weighted by Gasteiger charge is 2.20. The fourth-order valence-corrected chi connectivity index (χ4v) is 2.28. The first-order valence-corrected chi connectivity index (χ1v) is 7.82. The minimum absolute atomic E-state index is 0.365. The van der Waals surface area contributed by atoms with Crippen LogP contribution in [-0.2, 0) is 20.7 Å². The van der Waals surface area contributed by atoms with Gasteiger partial charge in [0.05, 0.1) is 7.11 Å². The van der Waals surface area contributed by atoms with Gasteiger partial charge in [0.25, 0.3) is 0 Å². The summed E-state index contributed by atoms with van der Waals surface area (Å²) in [4.78, 5) is 24.0. The van der Waals surface area contributed by atoms with Crippen molar-refractivity contribution in [1.82, 2.24) is 5.32 Å². The predicted octanol–water partition coefficient (Wildman–Crippen LogP) is 3.25. The largest absolute Gasteiger partial charge is 0.467 e. The first-order valence-electron chi connectivity index (χ1n) is 7.44. The van der Waals surface area contributed by atoms with Gasteiger partial charge < -0.3 is 10.1 Å². The second kappa shape index (κ2) is 8.89. The van der Waals surface area contributed by atoms with E-state index in [2.05, 4.69) is 5.32 Å². The molecule has 5 heteroatoms. The topological polar surface area (TPSA) is 55.4 Å². The first kappa shape index (κ1) is 17.8. The Morgan fingerprint density at radius 1 is 1.12 bits per heavy atom. The molecule has 0 aromatic heterocycles. The Kier molecular flexibility index (Phi) is 6.58. The van der Waals surface area contributed by atoms with Gasteiger partial charge in [-0.15, -0.1) is 0 Å². The number of halogens is 1. The van der Waals surface area contributed by atoms with E-state index in [-0.39, 0.29) is 5.91 Å². The smallest absolute Gasteiger partial charge is 0.328 e. The van der Waals surface area contributed by atoms with Crippen molar-refractivity contribution in [2.45, 2.75) is 12.5 Å². The summed E-state index contributed by atoms with van der Waals surface area (Å²) in [6.07, 6.45) is 3.40. The molecule has 24 heavy (non-hydrogen) atoms. The molecule has 0 aliphatic heterocycles. The molecule has 0 unspecified atom stereocenters. The van der Waals surface area contributed by atoms with Crippen LogP contribution in [0.15, 0.2) is 60.7 Å². The number of amides is 1. The Morgan fingerprint density at radius 3 is 2.42 bits per heavy atom. The Balaban J connectivity index is 2.01. The Morgan fingerprint density at radius 2 is 1.79 bits per heavy atom. The van der Waals surface area contributed by atoms with Gasteiger partial charge in [-0.2, -0.15) is 0 Å². The maximum absolute atomic E-state index is 12.1. The molecule has 0 bridgehead atoms. The molecule has 1 atom stereocenters. The highest BCUT2D eigenvalue weighted by molar-refractivity contribution is 6.30. The molecule has 2 rings (SSSR count). The molecular formula is C19H18ClNO3. The molecule has 0 aliphatic rings. The second-order valence-corrected chi connectivity index (χ2v) is 5.60. The van der Waals surface area contributed by atoms with Gasteiger partial charge in [-0.1, -0.05) is 54.1 Å². The first-order chi connectivity index (χ1) is 11.6. The van der Waals surface area contributed by atoms with Gasteiger partial charge in [-0.05, 0) is 29.3 Å². The fraction of sp³-hybridized carbons (Fsp3) is 0.158. The number of hydrogen-bond donors (Lipinski definition) is 1. The summed E-state index contributed by atoms with van der Waals surface area (Å²) in [7, 11) is 1.30. The quantitative estimate of drug-likeness (QED) is 0.647. The van der Waals surface area contributed by atoms with E-state index in [0.29, 0.717) is 11.4 Å². The van der Waals surface area contributed by atoms with Crippen LogP contribution in [0.4, 0.5) is 0 Å². The third-order valence-electron chi connectivity index (χ3n) is 3.38. The average Bonchev–Trinajstić information content (AvgIpc) is 2.61. The predicted molar refractivity (Wildman–Crippen MR) is 94.6 cm³/mol. The lowest BCUT2D eigenvalue weighted by atomic mass is 10.1. The van der Waals surface area contributed by atoms with Crippen LogP contribution >= 0.6 is 11.6 Å². The van der Waals surface area contributed by atoms with Crippen molar-refractivity contribution < 1.29 is 14.3 Å². The molecule has 2 aromatic rings. The van der Waals surface area contributed by atoms with E-state index < -0.39 is 12.0 Å². The standard InChI is InChI=1S/C19H18ClNO3/c1-24-19(23)17(13-15-5-3-2-4-6-15)21-18(22)12-9-14-7-10-16(20)11-8-14/h2-12,17H,13H2,1H3,(H,21,22)/b12-9+/t17-/m1/s1. The van der Waals surface area contributed by atoms with Crippen molar-refractivity contribution in [3.05, 3.63) is 76.8 Å². The number of esters is 1. The molecule has 0 aliphatic carbocycles. The van der Waals surface area contributed by atoms with E-state index >= 15 is 0 Å². The number of nitrogens with one attached hydrogen (secondary N) is 1. The molecule has 0 saturated carbocycles. The number of methoxy groups -OCH3 is 1. The molecular weight excluding hydrogens is 326 g/mol. The number of hydrogen-bond acceptors (Lipinski definition) is 3. The molecule has 2 aromatic carbocycles. The monoisotopic (exact) mass is 343 g/mol. The van der Waals surface area contributed by atoms with Gasteiger partial charge in [0.2, 0.25) is 5.91 Å². The van der Waals surface area contributed by atoms with E-state index in [9.17, 15) is 9.59 Å². The lowest BCUT2D eigenvalue weighted by Crippen LogP contribution is -2.42. The van der Waals surface area contributed by atoms with Crippen LogP contribution in [0.1, 0.15) is 11.1 Å². The van der Waals surface area contributed by atoms with E-state index in [1.54, 1.807) is 30.3 Å². The summed E-state index contributed by atoms with van der Waals surface area (Å²) >= 11 is 5.82. The van der Waals surface area contributed by atoms with Crippen LogP contribution in [0, 0.1) is 0 Å². The summed E-state index contributed by atoms with van der Waals surface area (Å²) in [5.74, 6) is -0.844. The third kappa shape index (κ3) is 5.56. The van der Waals surface area contributed by atoms with Crippen LogP contribution in [0.3, 0.4) is 0 Å². The minimum atomic E-state index is -0.736. The second-order valence-electron chi connectivity index (χ2n) is 5.16. The van der Waals surface area contributed by atoms with Gasteiger partial charge in [0.15, 0.2) is 0 Å². The zero-order valence-corrected chi connectivity index (χ0v) is 14.0. The normalized spacial score (nSPS) is 11.9. The number of benzene rings is 2. The molecule has 0 saturated heterocycles. The van der Waals surface area contributed by atoms with Crippen LogP contribution in [-0.4, -0.2) is 25.0 Å². The molecule has 0 fully saturated rings. The van der Waals surface area contributed by atoms with Crippen LogP contribution < -0.4 is 5.32 Å². The zero-order chi connectivity index (χ0) is 17.4. The van der Waals surface area contributed by atoms with Crippen molar-refractivity contribution >= 4 is 29.6 Å².